The van der Waals surface area contributed by atoms with E-state index in [0.717, 1.165) is 62.8 Å². The van der Waals surface area contributed by atoms with E-state index >= 15 is 0 Å². The van der Waals surface area contributed by atoms with E-state index in [1.54, 1.807) is 11.8 Å². The molecule has 29 heavy (non-hydrogen) atoms. The molecule has 1 aromatic rings. The van der Waals surface area contributed by atoms with Gasteiger partial charge < -0.3 is 10.1 Å². The van der Waals surface area contributed by atoms with Crippen molar-refractivity contribution in [1.29, 1.82) is 0 Å². The van der Waals surface area contributed by atoms with Crippen molar-refractivity contribution in [2.75, 3.05) is 45.1 Å². The third kappa shape index (κ3) is 5.81. The van der Waals surface area contributed by atoms with Crippen LogP contribution in [0.1, 0.15) is 51.9 Å². The fourth-order valence-electron chi connectivity index (χ4n) is 4.53. The van der Waals surface area contributed by atoms with Gasteiger partial charge in [-0.15, -0.1) is 5.10 Å². The molecule has 3 aliphatic rings. The number of aliphatic imine (C=N–C) groups is 1. The largest absolute Gasteiger partial charge is 0.379 e. The van der Waals surface area contributed by atoms with Crippen LogP contribution in [0, 0.1) is 5.92 Å². The number of rotatable bonds is 10. The molecule has 0 aromatic carbocycles. The van der Waals surface area contributed by atoms with Gasteiger partial charge in [-0.3, -0.25) is 4.90 Å². The molecule has 162 valence electrons. The van der Waals surface area contributed by atoms with Crippen molar-refractivity contribution in [1.82, 2.24) is 25.0 Å². The Morgan fingerprint density at radius 1 is 1.17 bits per heavy atom. The molecule has 8 heteroatoms. The number of ether oxygens (including phenoxy) is 1. The predicted molar refractivity (Wildman–Crippen MR) is 118 cm³/mol. The lowest BCUT2D eigenvalue weighted by Gasteiger charge is -2.34. The summed E-state index contributed by atoms with van der Waals surface area (Å²) < 4.78 is 7.49. The van der Waals surface area contributed by atoms with Gasteiger partial charge in [0.25, 0.3) is 0 Å². The van der Waals surface area contributed by atoms with Crippen molar-refractivity contribution in [2.45, 2.75) is 69.6 Å². The summed E-state index contributed by atoms with van der Waals surface area (Å²) in [5.74, 6) is 2.44. The second-order valence-corrected chi connectivity index (χ2v) is 9.47. The minimum Gasteiger partial charge on any atom is -0.379 e. The second-order valence-electron chi connectivity index (χ2n) is 8.41. The number of aromatic nitrogens is 3. The molecule has 2 fully saturated rings. The van der Waals surface area contributed by atoms with Crippen LogP contribution in [0.5, 0.6) is 0 Å². The van der Waals surface area contributed by atoms with Crippen molar-refractivity contribution in [3.05, 3.63) is 0 Å². The first-order valence-corrected chi connectivity index (χ1v) is 12.5. The van der Waals surface area contributed by atoms with E-state index < -0.39 is 0 Å². The van der Waals surface area contributed by atoms with Gasteiger partial charge in [0.15, 0.2) is 0 Å². The number of nitrogens with one attached hydrogen (secondary N) is 1. The van der Waals surface area contributed by atoms with E-state index in [0.29, 0.717) is 12.0 Å². The Balaban J connectivity index is 1.31. The van der Waals surface area contributed by atoms with Crippen molar-refractivity contribution in [3.63, 3.8) is 0 Å². The van der Waals surface area contributed by atoms with E-state index in [4.69, 9.17) is 19.8 Å². The van der Waals surface area contributed by atoms with E-state index in [9.17, 15) is 0 Å². The molecule has 1 saturated heterocycles. The Morgan fingerprint density at radius 2 is 2.07 bits per heavy atom. The number of unbranched alkanes of at least 4 members (excludes halogenated alkanes) is 3. The van der Waals surface area contributed by atoms with Gasteiger partial charge in [-0.2, -0.15) is 4.98 Å². The number of nitrogens with zero attached hydrogens (tertiary/aromatic N) is 5. The van der Waals surface area contributed by atoms with Gasteiger partial charge in [-0.1, -0.05) is 44.4 Å². The van der Waals surface area contributed by atoms with Crippen LogP contribution in [0.2, 0.25) is 0 Å². The van der Waals surface area contributed by atoms with Crippen LogP contribution in [0.3, 0.4) is 0 Å². The highest BCUT2D eigenvalue weighted by Gasteiger charge is 2.33. The molecular formula is C21H36N6OS. The van der Waals surface area contributed by atoms with Crippen molar-refractivity contribution in [2.24, 2.45) is 10.9 Å². The maximum absolute atomic E-state index is 5.45. The number of fused-ring (bicyclic) bond motifs is 2. The molecule has 7 nitrogen and oxygen atoms in total. The maximum Gasteiger partial charge on any atom is 0.248 e. The monoisotopic (exact) mass is 420 g/mol. The normalized spacial score (nSPS) is 24.8. The summed E-state index contributed by atoms with van der Waals surface area (Å²) in [7, 11) is 0. The van der Waals surface area contributed by atoms with Crippen molar-refractivity contribution < 1.29 is 4.74 Å². The third-order valence-corrected chi connectivity index (χ3v) is 7.15. The molecule has 0 radical (unpaired) electrons. The fourth-order valence-corrected chi connectivity index (χ4v) is 5.36. The maximum atomic E-state index is 5.45. The third-order valence-electron chi connectivity index (χ3n) is 6.23. The Morgan fingerprint density at radius 3 is 2.93 bits per heavy atom. The zero-order valence-electron chi connectivity index (χ0n) is 17.8. The summed E-state index contributed by atoms with van der Waals surface area (Å²) in [6, 6.07) is 0.394. The minimum atomic E-state index is 0.394. The van der Waals surface area contributed by atoms with Crippen LogP contribution < -0.4 is 5.32 Å². The average Bonchev–Trinajstić information content (AvgIpc) is 3.14. The van der Waals surface area contributed by atoms with Gasteiger partial charge in [-0.25, -0.2) is 9.67 Å². The molecule has 2 atom stereocenters. The molecule has 1 aromatic heterocycles. The number of thioether (sulfide) groups is 1. The van der Waals surface area contributed by atoms with Crippen LogP contribution in [0.15, 0.2) is 10.1 Å². The van der Waals surface area contributed by atoms with E-state index in [2.05, 4.69) is 17.1 Å². The smallest absolute Gasteiger partial charge is 0.248 e. The van der Waals surface area contributed by atoms with Gasteiger partial charge in [0.1, 0.15) is 0 Å². The molecule has 1 aliphatic carbocycles. The quantitative estimate of drug-likeness (QED) is 0.463. The summed E-state index contributed by atoms with van der Waals surface area (Å²) in [4.78, 5) is 12.2. The molecule has 2 unspecified atom stereocenters. The van der Waals surface area contributed by atoms with Crippen LogP contribution in [0.4, 0.5) is 5.95 Å². The molecule has 2 aliphatic heterocycles. The number of morpholine rings is 1. The molecule has 0 amide bonds. The zero-order chi connectivity index (χ0) is 19.9. The standard InChI is InChI=1S/C21H36N6OS/c1-2-3-4-5-15-29-21-24-20-23-19-17(16-27(20)25-21)7-6-8-18(19)22-9-10-26-11-13-28-14-12-26/h17-18,22H,2-16H2,1H3. The minimum absolute atomic E-state index is 0.394. The number of hydrogen-bond donors (Lipinski definition) is 1. The Hall–Kier alpha value is -0.960. The lowest BCUT2D eigenvalue weighted by Crippen LogP contribution is -2.48. The summed E-state index contributed by atoms with van der Waals surface area (Å²) in [6.07, 6.45) is 8.83. The van der Waals surface area contributed by atoms with Crippen LogP contribution in [-0.2, 0) is 11.3 Å². The molecule has 4 rings (SSSR count). The van der Waals surface area contributed by atoms with E-state index in [1.807, 2.05) is 4.68 Å². The first-order valence-electron chi connectivity index (χ1n) is 11.5. The van der Waals surface area contributed by atoms with Crippen molar-refractivity contribution in [3.8, 4) is 0 Å². The topological polar surface area (TPSA) is 67.6 Å². The van der Waals surface area contributed by atoms with Crippen LogP contribution in [0.25, 0.3) is 0 Å². The van der Waals surface area contributed by atoms with Crippen LogP contribution >= 0.6 is 11.8 Å². The highest BCUT2D eigenvalue weighted by Crippen LogP contribution is 2.32. The molecule has 1 saturated carbocycles. The Labute approximate surface area is 179 Å². The Kier molecular flexibility index (Phi) is 7.99. The van der Waals surface area contributed by atoms with Gasteiger partial charge in [0.2, 0.25) is 11.1 Å². The average molecular weight is 421 g/mol. The highest BCUT2D eigenvalue weighted by atomic mass is 32.2. The van der Waals surface area contributed by atoms with Gasteiger partial charge in [-0.05, 0) is 19.3 Å². The lowest BCUT2D eigenvalue weighted by molar-refractivity contribution is 0.0382. The van der Waals surface area contributed by atoms with Gasteiger partial charge in [0, 0.05) is 49.6 Å². The second kappa shape index (κ2) is 10.9. The van der Waals surface area contributed by atoms with Gasteiger partial charge in [0.05, 0.1) is 19.8 Å². The molecular weight excluding hydrogens is 384 g/mol. The van der Waals surface area contributed by atoms with Crippen molar-refractivity contribution >= 4 is 23.4 Å². The SMILES string of the molecule is CCCCCCSc1nc2n(n1)CC1CCCC(NCCN3CCOCC3)C1=N2. The highest BCUT2D eigenvalue weighted by molar-refractivity contribution is 7.99. The molecule has 1 N–H and O–H groups in total. The lowest BCUT2D eigenvalue weighted by atomic mass is 9.83. The molecule has 3 heterocycles. The zero-order valence-corrected chi connectivity index (χ0v) is 18.6. The summed E-state index contributed by atoms with van der Waals surface area (Å²) in [5.41, 5.74) is 1.32. The van der Waals surface area contributed by atoms with Crippen LogP contribution in [-0.4, -0.2) is 76.6 Å². The predicted octanol–water partition coefficient (Wildman–Crippen LogP) is 3.13. The fraction of sp³-hybridized carbons (Fsp3) is 0.857. The number of hydrogen-bond acceptors (Lipinski definition) is 7. The molecule has 0 spiro atoms. The Bertz CT molecular complexity index is 672. The van der Waals surface area contributed by atoms with E-state index in [1.165, 1.54) is 50.7 Å². The summed E-state index contributed by atoms with van der Waals surface area (Å²) in [5, 5.41) is 9.41. The van der Waals surface area contributed by atoms with E-state index in [-0.39, 0.29) is 0 Å². The summed E-state index contributed by atoms with van der Waals surface area (Å²) in [6.45, 7) is 9.14. The first-order chi connectivity index (χ1) is 14.3. The molecule has 0 bridgehead atoms. The van der Waals surface area contributed by atoms with Gasteiger partial charge >= 0.3 is 0 Å². The first kappa shape index (κ1) is 21.3. The summed E-state index contributed by atoms with van der Waals surface area (Å²) >= 11 is 1.78.